The standard InChI is InChI=1S/C25H24F3N3O2/c1-30-24(16-10-17(27)13-18(28)11-16)21-14-19-5-3-7-22(23(21)29-30)31(19)25(32)15-4-2-6-20(12-15)33-9-8-26/h2,4,6,10-13,19,22H,3,5,7-9,14H2,1H3. The van der Waals surface area contributed by atoms with Crippen LogP contribution in [0.25, 0.3) is 11.3 Å². The molecule has 3 aromatic rings. The monoisotopic (exact) mass is 455 g/mol. The molecule has 0 aliphatic carbocycles. The SMILES string of the molecule is Cn1nc2c(c1-c1cc(F)cc(F)c1)CC1CCCC2N1C(=O)c1cccc(OCCF)c1. The summed E-state index contributed by atoms with van der Waals surface area (Å²) in [6, 6.07) is 10.0. The number of halogens is 3. The van der Waals surface area contributed by atoms with E-state index in [9.17, 15) is 18.0 Å². The number of alkyl halides is 1. The number of carbonyl (C=O) groups is 1. The lowest BCUT2D eigenvalue weighted by molar-refractivity contribution is 0.0391. The van der Waals surface area contributed by atoms with Crippen molar-refractivity contribution in [3.8, 4) is 17.0 Å². The maximum absolute atomic E-state index is 13.9. The molecule has 3 heterocycles. The molecule has 2 bridgehead atoms. The van der Waals surface area contributed by atoms with Crippen LogP contribution in [0.1, 0.15) is 46.9 Å². The van der Waals surface area contributed by atoms with Gasteiger partial charge in [-0.05, 0) is 56.0 Å². The predicted molar refractivity (Wildman–Crippen MR) is 117 cm³/mol. The first kappa shape index (κ1) is 21.6. The van der Waals surface area contributed by atoms with Crippen LogP contribution in [-0.4, -0.2) is 39.9 Å². The van der Waals surface area contributed by atoms with Crippen molar-refractivity contribution in [2.45, 2.75) is 37.8 Å². The Morgan fingerprint density at radius 1 is 1.15 bits per heavy atom. The lowest BCUT2D eigenvalue weighted by Gasteiger charge is -2.45. The predicted octanol–water partition coefficient (Wildman–Crippen LogP) is 5.01. The van der Waals surface area contributed by atoms with Gasteiger partial charge in [-0.2, -0.15) is 5.10 Å². The van der Waals surface area contributed by atoms with E-state index >= 15 is 0 Å². The number of hydrogen-bond donors (Lipinski definition) is 0. The molecule has 2 aromatic carbocycles. The topological polar surface area (TPSA) is 47.4 Å². The normalized spacial score (nSPS) is 19.3. The van der Waals surface area contributed by atoms with Crippen molar-refractivity contribution in [3.63, 3.8) is 0 Å². The summed E-state index contributed by atoms with van der Waals surface area (Å²) in [5, 5.41) is 4.70. The quantitative estimate of drug-likeness (QED) is 0.544. The third kappa shape index (κ3) is 3.87. The van der Waals surface area contributed by atoms with Crippen LogP contribution in [0.2, 0.25) is 0 Å². The molecule has 1 amide bonds. The van der Waals surface area contributed by atoms with E-state index in [0.717, 1.165) is 36.6 Å². The number of carbonyl (C=O) groups excluding carboxylic acids is 1. The molecule has 172 valence electrons. The summed E-state index contributed by atoms with van der Waals surface area (Å²) in [5.41, 5.74) is 3.34. The first-order valence-electron chi connectivity index (χ1n) is 11.1. The third-order valence-electron chi connectivity index (χ3n) is 6.47. The highest BCUT2D eigenvalue weighted by Gasteiger charge is 2.43. The number of benzene rings is 2. The molecule has 1 saturated heterocycles. The molecule has 0 spiro atoms. The van der Waals surface area contributed by atoms with Crippen LogP contribution in [0.3, 0.4) is 0 Å². The van der Waals surface area contributed by atoms with Crippen molar-refractivity contribution in [2.24, 2.45) is 7.05 Å². The fourth-order valence-corrected chi connectivity index (χ4v) is 5.22. The lowest BCUT2D eigenvalue weighted by Crippen LogP contribution is -2.49. The molecule has 0 saturated carbocycles. The number of rotatable bonds is 5. The molecular weight excluding hydrogens is 431 g/mol. The number of fused-ring (bicyclic) bond motifs is 4. The minimum atomic E-state index is -0.636. The van der Waals surface area contributed by atoms with E-state index in [4.69, 9.17) is 9.84 Å². The largest absolute Gasteiger partial charge is 0.491 e. The Labute approximate surface area is 189 Å². The molecule has 0 N–H and O–H groups in total. The van der Waals surface area contributed by atoms with Gasteiger partial charge in [-0.25, -0.2) is 13.2 Å². The molecule has 1 fully saturated rings. The average molecular weight is 455 g/mol. The van der Waals surface area contributed by atoms with E-state index in [0.29, 0.717) is 29.0 Å². The zero-order valence-electron chi connectivity index (χ0n) is 18.2. The van der Waals surface area contributed by atoms with Gasteiger partial charge in [-0.3, -0.25) is 9.48 Å². The molecule has 5 nitrogen and oxygen atoms in total. The van der Waals surface area contributed by atoms with Crippen molar-refractivity contribution in [1.29, 1.82) is 0 Å². The molecule has 1 aromatic heterocycles. The second kappa shape index (κ2) is 8.57. The van der Waals surface area contributed by atoms with E-state index < -0.39 is 18.3 Å². The summed E-state index contributed by atoms with van der Waals surface area (Å²) in [6.45, 7) is -0.665. The van der Waals surface area contributed by atoms with Gasteiger partial charge in [0.2, 0.25) is 0 Å². The minimum Gasteiger partial charge on any atom is -0.491 e. The number of aromatic nitrogens is 2. The fraction of sp³-hybridized carbons (Fsp3) is 0.360. The van der Waals surface area contributed by atoms with E-state index in [2.05, 4.69) is 0 Å². The van der Waals surface area contributed by atoms with Crippen LogP contribution in [-0.2, 0) is 13.5 Å². The van der Waals surface area contributed by atoms with Crippen molar-refractivity contribution < 1.29 is 22.7 Å². The number of piperidine rings is 1. The molecule has 5 rings (SSSR count). The highest BCUT2D eigenvalue weighted by atomic mass is 19.1. The molecule has 0 radical (unpaired) electrons. The van der Waals surface area contributed by atoms with Crippen LogP contribution in [0.15, 0.2) is 42.5 Å². The van der Waals surface area contributed by atoms with Crippen LogP contribution in [0.5, 0.6) is 5.75 Å². The number of hydrogen-bond acceptors (Lipinski definition) is 3. The average Bonchev–Trinajstić information content (AvgIpc) is 3.12. The summed E-state index contributed by atoms with van der Waals surface area (Å²) in [4.78, 5) is 15.5. The number of aryl methyl sites for hydroxylation is 1. The molecule has 2 atom stereocenters. The molecule has 2 aliphatic heterocycles. The maximum Gasteiger partial charge on any atom is 0.254 e. The van der Waals surface area contributed by atoms with Gasteiger partial charge in [0.1, 0.15) is 30.7 Å². The minimum absolute atomic E-state index is 0.0412. The summed E-state index contributed by atoms with van der Waals surface area (Å²) >= 11 is 0. The Morgan fingerprint density at radius 3 is 2.70 bits per heavy atom. The van der Waals surface area contributed by atoms with Gasteiger partial charge in [0.15, 0.2) is 0 Å². The van der Waals surface area contributed by atoms with Gasteiger partial charge in [0.05, 0.1) is 17.4 Å². The molecule has 33 heavy (non-hydrogen) atoms. The number of amides is 1. The van der Waals surface area contributed by atoms with Crippen LogP contribution < -0.4 is 4.74 Å². The highest BCUT2D eigenvalue weighted by Crippen LogP contribution is 2.45. The fourth-order valence-electron chi connectivity index (χ4n) is 5.22. The summed E-state index contributed by atoms with van der Waals surface area (Å²) in [7, 11) is 1.76. The van der Waals surface area contributed by atoms with Gasteiger partial charge in [0, 0.05) is 35.8 Å². The summed E-state index contributed by atoms with van der Waals surface area (Å²) in [5.74, 6) is -0.940. The summed E-state index contributed by atoms with van der Waals surface area (Å²) in [6.07, 6.45) is 3.14. The van der Waals surface area contributed by atoms with Crippen molar-refractivity contribution in [3.05, 3.63) is 70.9 Å². The molecular formula is C25H24F3N3O2. The number of ether oxygens (including phenoxy) is 1. The Morgan fingerprint density at radius 2 is 1.94 bits per heavy atom. The summed E-state index contributed by atoms with van der Waals surface area (Å²) < 4.78 is 47.3. The maximum atomic E-state index is 13.9. The Kier molecular flexibility index (Phi) is 5.60. The van der Waals surface area contributed by atoms with Gasteiger partial charge in [-0.15, -0.1) is 0 Å². The Balaban J connectivity index is 1.52. The lowest BCUT2D eigenvalue weighted by atomic mass is 9.81. The second-order valence-electron chi connectivity index (χ2n) is 8.58. The van der Waals surface area contributed by atoms with E-state index in [-0.39, 0.29) is 24.6 Å². The van der Waals surface area contributed by atoms with Crippen molar-refractivity contribution >= 4 is 5.91 Å². The van der Waals surface area contributed by atoms with Crippen molar-refractivity contribution in [1.82, 2.24) is 14.7 Å². The Hall–Kier alpha value is -3.29. The molecule has 2 unspecified atom stereocenters. The van der Waals surface area contributed by atoms with Gasteiger partial charge in [-0.1, -0.05) is 6.07 Å². The highest BCUT2D eigenvalue weighted by molar-refractivity contribution is 5.95. The smallest absolute Gasteiger partial charge is 0.254 e. The Bertz CT molecular complexity index is 1190. The zero-order chi connectivity index (χ0) is 23.1. The van der Waals surface area contributed by atoms with Crippen LogP contribution >= 0.6 is 0 Å². The first-order chi connectivity index (χ1) is 16.0. The molecule has 2 aliphatic rings. The van der Waals surface area contributed by atoms with Gasteiger partial charge in [0.25, 0.3) is 5.91 Å². The number of nitrogens with zero attached hydrogens (tertiary/aromatic N) is 3. The van der Waals surface area contributed by atoms with E-state index in [1.165, 1.54) is 12.1 Å². The van der Waals surface area contributed by atoms with Gasteiger partial charge < -0.3 is 9.64 Å². The first-order valence-corrected chi connectivity index (χ1v) is 11.1. The zero-order valence-corrected chi connectivity index (χ0v) is 18.2. The van der Waals surface area contributed by atoms with Gasteiger partial charge >= 0.3 is 0 Å². The van der Waals surface area contributed by atoms with E-state index in [1.807, 2.05) is 4.90 Å². The van der Waals surface area contributed by atoms with E-state index in [1.54, 1.807) is 36.0 Å². The van der Waals surface area contributed by atoms with Crippen molar-refractivity contribution in [2.75, 3.05) is 13.3 Å². The van der Waals surface area contributed by atoms with Crippen LogP contribution in [0, 0.1) is 11.6 Å². The van der Waals surface area contributed by atoms with Crippen LogP contribution in [0.4, 0.5) is 13.2 Å². The molecule has 8 heteroatoms. The third-order valence-corrected chi connectivity index (χ3v) is 6.47. The second-order valence-corrected chi connectivity index (χ2v) is 8.58.